The zero-order valence-electron chi connectivity index (χ0n) is 8.84. The quantitative estimate of drug-likeness (QED) is 0.481. The zero-order valence-corrected chi connectivity index (χ0v) is 11.2. The van der Waals surface area contributed by atoms with Gasteiger partial charge in [-0.2, -0.15) is 4.98 Å². The number of ether oxygens (including phenoxy) is 1. The molecule has 0 saturated carbocycles. The molecule has 18 heavy (non-hydrogen) atoms. The van der Waals surface area contributed by atoms with Crippen molar-refractivity contribution in [3.8, 4) is 11.6 Å². The third kappa shape index (κ3) is 2.96. The van der Waals surface area contributed by atoms with Gasteiger partial charge in [-0.05, 0) is 30.3 Å². The molecule has 0 saturated heterocycles. The van der Waals surface area contributed by atoms with Crippen molar-refractivity contribution in [2.24, 2.45) is 0 Å². The average Bonchev–Trinajstić information content (AvgIpc) is 2.32. The summed E-state index contributed by atoms with van der Waals surface area (Å²) in [7, 11) is 0. The van der Waals surface area contributed by atoms with Crippen molar-refractivity contribution >= 4 is 33.2 Å². The smallest absolute Gasteiger partial charge is 0.331 e. The second-order valence-corrected chi connectivity index (χ2v) is 4.57. The number of nitro groups is 1. The molecule has 1 heterocycles. The summed E-state index contributed by atoms with van der Waals surface area (Å²) in [5.74, 6) is 0.311. The number of pyridine rings is 1. The molecule has 2 rings (SSSR count). The molecule has 0 aliphatic rings. The molecule has 5 nitrogen and oxygen atoms in total. The molecule has 0 N–H and O–H groups in total. The lowest BCUT2D eigenvalue weighted by atomic mass is 10.3. The lowest BCUT2D eigenvalue weighted by molar-refractivity contribution is -0.386. The van der Waals surface area contributed by atoms with Gasteiger partial charge in [-0.15, -0.1) is 0 Å². The van der Waals surface area contributed by atoms with Crippen molar-refractivity contribution in [2.75, 3.05) is 0 Å². The van der Waals surface area contributed by atoms with Crippen LogP contribution in [0.3, 0.4) is 0 Å². The van der Waals surface area contributed by atoms with Crippen LogP contribution in [0.1, 0.15) is 0 Å². The van der Waals surface area contributed by atoms with Crippen molar-refractivity contribution in [3.05, 3.63) is 56.1 Å². The number of nitrogens with zero attached hydrogens (tertiary/aromatic N) is 2. The molecule has 0 aliphatic carbocycles. The van der Waals surface area contributed by atoms with Crippen LogP contribution < -0.4 is 4.74 Å². The molecule has 0 atom stereocenters. The van der Waals surface area contributed by atoms with Crippen LogP contribution in [0.25, 0.3) is 0 Å². The van der Waals surface area contributed by atoms with Crippen LogP contribution in [-0.4, -0.2) is 9.91 Å². The number of rotatable bonds is 3. The molecular weight excluding hydrogens is 323 g/mol. The maximum atomic E-state index is 10.8. The molecular formula is C11H6BrClN2O3. The van der Waals surface area contributed by atoms with E-state index in [2.05, 4.69) is 20.9 Å². The van der Waals surface area contributed by atoms with Gasteiger partial charge < -0.3 is 4.74 Å². The normalized spacial score (nSPS) is 10.1. The second kappa shape index (κ2) is 5.32. The maximum Gasteiger partial charge on any atom is 0.331 e. The molecule has 0 bridgehead atoms. The van der Waals surface area contributed by atoms with E-state index < -0.39 is 4.92 Å². The summed E-state index contributed by atoms with van der Waals surface area (Å²) in [6.45, 7) is 0. The van der Waals surface area contributed by atoms with Gasteiger partial charge in [0.25, 0.3) is 0 Å². The van der Waals surface area contributed by atoms with Crippen LogP contribution >= 0.6 is 27.5 Å². The van der Waals surface area contributed by atoms with E-state index in [9.17, 15) is 10.1 Å². The standard InChI is InChI=1S/C11H6BrClN2O3/c12-7-1-3-8(4-2-7)18-11-9(15(16)17)5-6-10(13)14-11/h1-6H. The summed E-state index contributed by atoms with van der Waals surface area (Å²) >= 11 is 8.97. The summed E-state index contributed by atoms with van der Waals surface area (Å²) in [6, 6.07) is 9.43. The topological polar surface area (TPSA) is 65.3 Å². The molecule has 2 aromatic rings. The van der Waals surface area contributed by atoms with Gasteiger partial charge >= 0.3 is 11.6 Å². The molecule has 0 aliphatic heterocycles. The highest BCUT2D eigenvalue weighted by Gasteiger charge is 2.17. The Labute approximate surface area is 116 Å². The highest BCUT2D eigenvalue weighted by Crippen LogP contribution is 2.30. The molecule has 0 radical (unpaired) electrons. The molecule has 7 heteroatoms. The van der Waals surface area contributed by atoms with Crippen molar-refractivity contribution in [2.45, 2.75) is 0 Å². The molecule has 0 amide bonds. The Kier molecular flexibility index (Phi) is 3.78. The van der Waals surface area contributed by atoms with Crippen molar-refractivity contribution in [1.29, 1.82) is 0 Å². The summed E-state index contributed by atoms with van der Waals surface area (Å²) in [4.78, 5) is 14.0. The van der Waals surface area contributed by atoms with E-state index in [4.69, 9.17) is 16.3 Å². The lowest BCUT2D eigenvalue weighted by Gasteiger charge is -2.05. The van der Waals surface area contributed by atoms with Gasteiger partial charge in [0.15, 0.2) is 0 Å². The van der Waals surface area contributed by atoms with E-state index in [-0.39, 0.29) is 16.7 Å². The van der Waals surface area contributed by atoms with E-state index in [1.165, 1.54) is 12.1 Å². The Morgan fingerprint density at radius 1 is 1.22 bits per heavy atom. The summed E-state index contributed by atoms with van der Waals surface area (Å²) in [6.07, 6.45) is 0. The minimum atomic E-state index is -0.572. The minimum absolute atomic E-state index is 0.130. The Morgan fingerprint density at radius 2 is 1.89 bits per heavy atom. The summed E-state index contributed by atoms with van der Waals surface area (Å²) in [5.41, 5.74) is -0.234. The third-order valence-electron chi connectivity index (χ3n) is 2.03. The average molecular weight is 330 g/mol. The Morgan fingerprint density at radius 3 is 2.50 bits per heavy atom. The fourth-order valence-electron chi connectivity index (χ4n) is 1.24. The first-order valence-corrected chi connectivity index (χ1v) is 5.98. The van der Waals surface area contributed by atoms with E-state index in [0.717, 1.165) is 4.47 Å². The van der Waals surface area contributed by atoms with Crippen LogP contribution in [0.2, 0.25) is 5.15 Å². The highest BCUT2D eigenvalue weighted by atomic mass is 79.9. The van der Waals surface area contributed by atoms with E-state index in [0.29, 0.717) is 5.75 Å². The van der Waals surface area contributed by atoms with Gasteiger partial charge in [0.2, 0.25) is 0 Å². The number of halogens is 2. The SMILES string of the molecule is O=[N+]([O-])c1ccc(Cl)nc1Oc1ccc(Br)cc1. The van der Waals surface area contributed by atoms with Gasteiger partial charge in [0, 0.05) is 10.5 Å². The fraction of sp³-hybridized carbons (Fsp3) is 0. The Hall–Kier alpha value is -1.66. The number of hydrogen-bond donors (Lipinski definition) is 0. The highest BCUT2D eigenvalue weighted by molar-refractivity contribution is 9.10. The molecule has 0 unspecified atom stereocenters. The van der Waals surface area contributed by atoms with Crippen LogP contribution in [-0.2, 0) is 0 Å². The van der Waals surface area contributed by atoms with Gasteiger partial charge in [-0.1, -0.05) is 27.5 Å². The van der Waals surface area contributed by atoms with Gasteiger partial charge in [-0.3, -0.25) is 10.1 Å². The van der Waals surface area contributed by atoms with Gasteiger partial charge in [-0.25, -0.2) is 0 Å². The van der Waals surface area contributed by atoms with Crippen molar-refractivity contribution in [3.63, 3.8) is 0 Å². The monoisotopic (exact) mass is 328 g/mol. The van der Waals surface area contributed by atoms with E-state index >= 15 is 0 Å². The molecule has 0 spiro atoms. The number of aromatic nitrogens is 1. The summed E-state index contributed by atoms with van der Waals surface area (Å²) in [5, 5.41) is 10.9. The number of benzene rings is 1. The van der Waals surface area contributed by atoms with E-state index in [1.807, 2.05) is 0 Å². The fourth-order valence-corrected chi connectivity index (χ4v) is 1.64. The second-order valence-electron chi connectivity index (χ2n) is 3.27. The molecule has 92 valence electrons. The van der Waals surface area contributed by atoms with Gasteiger partial charge in [0.05, 0.1) is 4.92 Å². The predicted molar refractivity (Wildman–Crippen MR) is 70.1 cm³/mol. The first-order chi connectivity index (χ1) is 8.56. The Bertz CT molecular complexity index is 589. The van der Waals surface area contributed by atoms with Crippen LogP contribution in [0, 0.1) is 10.1 Å². The van der Waals surface area contributed by atoms with Crippen LogP contribution in [0.5, 0.6) is 11.6 Å². The van der Waals surface area contributed by atoms with Crippen LogP contribution in [0.4, 0.5) is 5.69 Å². The third-order valence-corrected chi connectivity index (χ3v) is 2.77. The van der Waals surface area contributed by atoms with Gasteiger partial charge in [0.1, 0.15) is 10.9 Å². The molecule has 0 fully saturated rings. The predicted octanol–water partition coefficient (Wildman–Crippen LogP) is 4.20. The maximum absolute atomic E-state index is 10.8. The van der Waals surface area contributed by atoms with E-state index in [1.54, 1.807) is 24.3 Å². The molecule has 1 aromatic heterocycles. The largest absolute Gasteiger partial charge is 0.434 e. The zero-order chi connectivity index (χ0) is 13.1. The lowest BCUT2D eigenvalue weighted by Crippen LogP contribution is -1.96. The summed E-state index contributed by atoms with van der Waals surface area (Å²) < 4.78 is 6.23. The Balaban J connectivity index is 2.35. The van der Waals surface area contributed by atoms with Crippen molar-refractivity contribution in [1.82, 2.24) is 4.98 Å². The minimum Gasteiger partial charge on any atom is -0.434 e. The van der Waals surface area contributed by atoms with Crippen LogP contribution in [0.15, 0.2) is 40.9 Å². The first kappa shape index (κ1) is 12.8. The molecule has 1 aromatic carbocycles. The first-order valence-electron chi connectivity index (χ1n) is 4.80. The number of hydrogen-bond acceptors (Lipinski definition) is 4. The van der Waals surface area contributed by atoms with Crippen molar-refractivity contribution < 1.29 is 9.66 Å².